The molecule has 0 rings (SSSR count). The third kappa shape index (κ3) is 513. The van der Waals surface area contributed by atoms with E-state index in [1.165, 1.54) is 0 Å². The Labute approximate surface area is 140 Å². The molecule has 0 heterocycles. The number of rotatable bonds is 0. The molecule has 0 bridgehead atoms. The molecule has 2 N–H and O–H groups in total. The van der Waals surface area contributed by atoms with Gasteiger partial charge in [-0.05, 0) is 0 Å². The SMILES string of the molecule is [Mg+2].[Mg+2].[Mg+2].[OH-].[OH-].[O]=[Mo](=[O])([O-])[O-].[O]=[Mo](=[O])([O-])[O-]. The van der Waals surface area contributed by atoms with Gasteiger partial charge in [-0.2, -0.15) is 0 Å². The predicted octanol–water partition coefficient (Wildman–Crippen LogP) is -6.73. The minimum absolute atomic E-state index is 0. The fourth-order valence-corrected chi connectivity index (χ4v) is 0. The Hall–Kier alpha value is 2.64. The summed E-state index contributed by atoms with van der Waals surface area (Å²) in [6.45, 7) is 0. The van der Waals surface area contributed by atoms with Gasteiger partial charge in [0.1, 0.15) is 0 Å². The van der Waals surface area contributed by atoms with E-state index in [0.29, 0.717) is 0 Å². The molecule has 0 spiro atoms. The number of hydrogen-bond donors (Lipinski definition) is 0. The fourth-order valence-electron chi connectivity index (χ4n) is 0. The molecule has 0 aromatic heterocycles. The van der Waals surface area contributed by atoms with Crippen molar-refractivity contribution in [3.8, 4) is 0 Å². The first kappa shape index (κ1) is 43.1. The Morgan fingerprint density at radius 3 is 0.533 bits per heavy atom. The predicted molar refractivity (Wildman–Crippen MR) is 23.9 cm³/mol. The van der Waals surface area contributed by atoms with Crippen LogP contribution in [0, 0.1) is 0 Å². The van der Waals surface area contributed by atoms with Crippen molar-refractivity contribution < 1.29 is 73.1 Å². The molecule has 80 valence electrons. The molecule has 0 amide bonds. The van der Waals surface area contributed by atoms with E-state index in [0.717, 1.165) is 0 Å². The second-order valence-electron chi connectivity index (χ2n) is 0.816. The van der Waals surface area contributed by atoms with Gasteiger partial charge in [0.15, 0.2) is 0 Å². The van der Waals surface area contributed by atoms with Gasteiger partial charge in [0, 0.05) is 0 Å². The molecule has 0 aliphatic carbocycles. The molecule has 0 saturated heterocycles. The van der Waals surface area contributed by atoms with Crippen LogP contribution in [0.1, 0.15) is 0 Å². The van der Waals surface area contributed by atoms with E-state index in [9.17, 15) is 0 Å². The zero-order valence-electron chi connectivity index (χ0n) is 7.10. The summed E-state index contributed by atoms with van der Waals surface area (Å²) in [4.78, 5) is 0. The summed E-state index contributed by atoms with van der Waals surface area (Å²) in [6, 6.07) is 0. The van der Waals surface area contributed by atoms with Crippen molar-refractivity contribution in [2.75, 3.05) is 0 Å². The van der Waals surface area contributed by atoms with Crippen LogP contribution in [0.4, 0.5) is 0 Å². The molecular formula is H2Mg3Mo2O10. The van der Waals surface area contributed by atoms with E-state index in [2.05, 4.69) is 0 Å². The average molecular weight is 427 g/mol. The molecule has 0 atom stereocenters. The summed E-state index contributed by atoms with van der Waals surface area (Å²) in [6.07, 6.45) is 0. The van der Waals surface area contributed by atoms with Crippen molar-refractivity contribution >= 4 is 69.2 Å². The van der Waals surface area contributed by atoms with Crippen LogP contribution in [0.3, 0.4) is 0 Å². The maximum absolute atomic E-state index is 8.63. The van der Waals surface area contributed by atoms with Crippen LogP contribution < -0.4 is 15.0 Å². The van der Waals surface area contributed by atoms with E-state index < -0.39 is 33.5 Å². The fraction of sp³-hybridized carbons (Fsp3) is 0. The topological polar surface area (TPSA) is 221 Å². The summed E-state index contributed by atoms with van der Waals surface area (Å²) in [5, 5.41) is 0. The van der Waals surface area contributed by atoms with Crippen molar-refractivity contribution in [3.05, 3.63) is 0 Å². The Balaban J connectivity index is -0.0000000128. The van der Waals surface area contributed by atoms with Gasteiger partial charge in [0.05, 0.1) is 0 Å². The zero-order valence-corrected chi connectivity index (χ0v) is 15.4. The van der Waals surface area contributed by atoms with Crippen LogP contribution in [-0.4, -0.2) is 80.1 Å². The first-order chi connectivity index (χ1) is 4.00. The molecule has 0 aliphatic heterocycles. The summed E-state index contributed by atoms with van der Waals surface area (Å²) in [7, 11) is 0. The van der Waals surface area contributed by atoms with Crippen LogP contribution in [-0.2, 0) is 47.1 Å². The van der Waals surface area contributed by atoms with Crippen molar-refractivity contribution in [2.24, 2.45) is 0 Å². The Morgan fingerprint density at radius 1 is 0.533 bits per heavy atom. The van der Waals surface area contributed by atoms with E-state index in [4.69, 9.17) is 28.6 Å². The van der Waals surface area contributed by atoms with Gasteiger partial charge in [-0.25, -0.2) is 0 Å². The van der Waals surface area contributed by atoms with Gasteiger partial charge in [-0.1, -0.05) is 0 Å². The third-order valence-electron chi connectivity index (χ3n) is 0. The summed E-state index contributed by atoms with van der Waals surface area (Å²) in [5.74, 6) is 0. The molecule has 0 unspecified atom stereocenters. The van der Waals surface area contributed by atoms with E-state index in [1.807, 2.05) is 0 Å². The second-order valence-corrected chi connectivity index (χ2v) is 4.83. The molecule has 10 nitrogen and oxygen atoms in total. The van der Waals surface area contributed by atoms with Crippen LogP contribution in [0.25, 0.3) is 0 Å². The van der Waals surface area contributed by atoms with Crippen LogP contribution in [0.15, 0.2) is 0 Å². The quantitative estimate of drug-likeness (QED) is 0.333. The van der Waals surface area contributed by atoms with E-state index in [-0.39, 0.29) is 80.1 Å². The van der Waals surface area contributed by atoms with Crippen molar-refractivity contribution in [1.29, 1.82) is 0 Å². The van der Waals surface area contributed by atoms with Gasteiger partial charge in [0.2, 0.25) is 0 Å². The van der Waals surface area contributed by atoms with Crippen LogP contribution in [0.5, 0.6) is 0 Å². The molecule has 0 saturated carbocycles. The normalized spacial score (nSPS) is 7.73. The van der Waals surface area contributed by atoms with Crippen molar-refractivity contribution in [1.82, 2.24) is 0 Å². The first-order valence-corrected chi connectivity index (χ1v) is 7.89. The Morgan fingerprint density at radius 2 is 0.533 bits per heavy atom. The van der Waals surface area contributed by atoms with Gasteiger partial charge in [-0.15, -0.1) is 0 Å². The number of hydrogen-bond acceptors (Lipinski definition) is 10. The van der Waals surface area contributed by atoms with Gasteiger partial charge >= 0.3 is 131 Å². The molecule has 0 radical (unpaired) electrons. The van der Waals surface area contributed by atoms with E-state index in [1.54, 1.807) is 0 Å². The zero-order chi connectivity index (χ0) is 9.00. The second kappa shape index (κ2) is 19.0. The summed E-state index contributed by atoms with van der Waals surface area (Å²) >= 11 is -12.0. The molecule has 15 heavy (non-hydrogen) atoms. The van der Waals surface area contributed by atoms with Gasteiger partial charge in [-0.3, -0.25) is 0 Å². The van der Waals surface area contributed by atoms with Crippen molar-refractivity contribution in [2.45, 2.75) is 0 Å². The Bertz CT molecular complexity index is 215. The van der Waals surface area contributed by atoms with Gasteiger partial charge < -0.3 is 11.0 Å². The summed E-state index contributed by atoms with van der Waals surface area (Å²) in [5.41, 5.74) is 0. The molecule has 0 aliphatic rings. The van der Waals surface area contributed by atoms with Crippen molar-refractivity contribution in [3.63, 3.8) is 0 Å². The maximum atomic E-state index is 8.63. The minimum atomic E-state index is -6.02. The molecule has 15 heteroatoms. The van der Waals surface area contributed by atoms with E-state index >= 15 is 0 Å². The standard InChI is InChI=1S/3Mg.2Mo.2H2O.8O/h;;;;;2*1H2;;;;;;;;/q3*+2;;;;;;;;;4*-1/p-2. The van der Waals surface area contributed by atoms with Crippen LogP contribution >= 0.6 is 0 Å². The average Bonchev–Trinajstić information content (AvgIpc) is 1.12. The van der Waals surface area contributed by atoms with Crippen LogP contribution in [0.2, 0.25) is 0 Å². The molecular weight excluding hydrogens is 425 g/mol. The third-order valence-corrected chi connectivity index (χ3v) is 0. The molecule has 0 fully saturated rings. The summed E-state index contributed by atoms with van der Waals surface area (Å²) < 4.78 is 69.0. The monoisotopic (exact) mass is 430 g/mol. The molecule has 0 aromatic carbocycles. The molecule has 0 aromatic rings. The Kier molecular flexibility index (Phi) is 54.6. The van der Waals surface area contributed by atoms with Gasteiger partial charge in [0.25, 0.3) is 0 Å². The first-order valence-electron chi connectivity index (χ1n) is 1.33.